The minimum atomic E-state index is -0.622. The third-order valence-corrected chi connectivity index (χ3v) is 2.92. The third-order valence-electron chi connectivity index (χ3n) is 2.92. The molecular weight excluding hydrogens is 264 g/mol. The van der Waals surface area contributed by atoms with Crippen molar-refractivity contribution in [3.05, 3.63) is 29.8 Å². The second-order valence-electron chi connectivity index (χ2n) is 4.71. The maximum atomic E-state index is 12.0. The van der Waals surface area contributed by atoms with E-state index in [1.165, 1.54) is 12.7 Å². The summed E-state index contributed by atoms with van der Waals surface area (Å²) in [4.78, 5) is 13.6. The Morgan fingerprint density at radius 3 is 2.58 bits per heavy atom. The lowest BCUT2D eigenvalue weighted by atomic mass is 10.0. The number of amides is 1. The number of hydrogen-bond donors (Lipinski definition) is 1. The number of halogens is 1. The average molecular weight is 287 g/mol. The van der Waals surface area contributed by atoms with Crippen molar-refractivity contribution in [1.82, 2.24) is 0 Å². The fourth-order valence-electron chi connectivity index (χ4n) is 1.72. The van der Waals surface area contributed by atoms with Gasteiger partial charge in [0.15, 0.2) is 0 Å². The highest BCUT2D eigenvalue weighted by atomic mass is 35.5. The number of methoxy groups -OCH3 is 1. The molecule has 0 aliphatic rings. The summed E-state index contributed by atoms with van der Waals surface area (Å²) in [7, 11) is 3.27. The molecule has 0 aromatic heterocycles. The van der Waals surface area contributed by atoms with E-state index >= 15 is 0 Å². The molecule has 1 rings (SSSR count). The maximum Gasteiger partial charge on any atom is 0.246 e. The molecule has 0 bridgehead atoms. The topological polar surface area (TPSA) is 55.6 Å². The Morgan fingerprint density at radius 1 is 1.42 bits per heavy atom. The second-order valence-corrected chi connectivity index (χ2v) is 4.71. The van der Waals surface area contributed by atoms with Crippen molar-refractivity contribution in [3.63, 3.8) is 0 Å². The van der Waals surface area contributed by atoms with Gasteiger partial charge in [0.1, 0.15) is 6.04 Å². The molecule has 108 valence electrons. The molecule has 0 spiro atoms. The smallest absolute Gasteiger partial charge is 0.246 e. The monoisotopic (exact) mass is 286 g/mol. The standard InChI is InChI=1S/C14H22N2O2.ClH/c1-10(2)11-6-5-7-12(8-11)16(3)14(17)13(15)9-18-4;/h5-8,10,13H,9,15H2,1-4H3;1H. The summed E-state index contributed by atoms with van der Waals surface area (Å²) in [6.45, 7) is 4.47. The van der Waals surface area contributed by atoms with E-state index in [0.717, 1.165) is 5.69 Å². The van der Waals surface area contributed by atoms with Crippen LogP contribution >= 0.6 is 12.4 Å². The quantitative estimate of drug-likeness (QED) is 0.902. The molecule has 0 aliphatic heterocycles. The molecule has 4 nitrogen and oxygen atoms in total. The van der Waals surface area contributed by atoms with Crippen LogP contribution in [0, 0.1) is 0 Å². The first-order valence-electron chi connectivity index (χ1n) is 6.09. The lowest BCUT2D eigenvalue weighted by molar-refractivity contribution is -0.120. The Morgan fingerprint density at radius 2 is 2.05 bits per heavy atom. The van der Waals surface area contributed by atoms with Crippen molar-refractivity contribution in [2.24, 2.45) is 5.73 Å². The van der Waals surface area contributed by atoms with Gasteiger partial charge in [0, 0.05) is 19.8 Å². The Balaban J connectivity index is 0.00000324. The lowest BCUT2D eigenvalue weighted by Gasteiger charge is -2.22. The predicted molar refractivity (Wildman–Crippen MR) is 81.0 cm³/mol. The number of ether oxygens (including phenoxy) is 1. The van der Waals surface area contributed by atoms with E-state index in [2.05, 4.69) is 19.9 Å². The van der Waals surface area contributed by atoms with Gasteiger partial charge in [-0.1, -0.05) is 26.0 Å². The fraction of sp³-hybridized carbons (Fsp3) is 0.500. The van der Waals surface area contributed by atoms with Crippen LogP contribution in [0.15, 0.2) is 24.3 Å². The van der Waals surface area contributed by atoms with Gasteiger partial charge in [0.05, 0.1) is 6.61 Å². The Kier molecular flexibility index (Phi) is 7.68. The van der Waals surface area contributed by atoms with Gasteiger partial charge in [-0.15, -0.1) is 12.4 Å². The van der Waals surface area contributed by atoms with E-state index in [1.807, 2.05) is 18.2 Å². The van der Waals surface area contributed by atoms with E-state index in [1.54, 1.807) is 11.9 Å². The van der Waals surface area contributed by atoms with Crippen LogP contribution in [0.4, 0.5) is 5.69 Å². The number of likely N-dealkylation sites (N-methyl/N-ethyl adjacent to an activating group) is 1. The maximum absolute atomic E-state index is 12.0. The summed E-state index contributed by atoms with van der Waals surface area (Å²) >= 11 is 0. The first-order valence-corrected chi connectivity index (χ1v) is 6.09. The van der Waals surface area contributed by atoms with Crippen LogP contribution < -0.4 is 10.6 Å². The zero-order valence-corrected chi connectivity index (χ0v) is 12.7. The van der Waals surface area contributed by atoms with Crippen LogP contribution in [0.5, 0.6) is 0 Å². The molecule has 1 atom stereocenters. The van der Waals surface area contributed by atoms with Gasteiger partial charge in [-0.05, 0) is 23.6 Å². The molecule has 2 N–H and O–H groups in total. The first kappa shape index (κ1) is 17.9. The predicted octanol–water partition coefficient (Wildman–Crippen LogP) is 2.17. The largest absolute Gasteiger partial charge is 0.383 e. The number of nitrogens with zero attached hydrogens (tertiary/aromatic N) is 1. The highest BCUT2D eigenvalue weighted by Crippen LogP contribution is 2.21. The van der Waals surface area contributed by atoms with E-state index < -0.39 is 6.04 Å². The molecule has 0 fully saturated rings. The molecule has 0 aliphatic carbocycles. The number of carbonyl (C=O) groups is 1. The molecule has 1 amide bonds. The minimum absolute atomic E-state index is 0. The van der Waals surface area contributed by atoms with E-state index in [9.17, 15) is 4.79 Å². The first-order chi connectivity index (χ1) is 8.47. The molecule has 1 aromatic rings. The van der Waals surface area contributed by atoms with Crippen molar-refractivity contribution >= 4 is 24.0 Å². The third kappa shape index (κ3) is 4.82. The Labute approximate surface area is 121 Å². The molecule has 0 radical (unpaired) electrons. The number of carbonyl (C=O) groups excluding carboxylic acids is 1. The van der Waals surface area contributed by atoms with Crippen LogP contribution in [0.1, 0.15) is 25.3 Å². The van der Waals surface area contributed by atoms with Crippen molar-refractivity contribution in [2.45, 2.75) is 25.8 Å². The second kappa shape index (κ2) is 8.15. The number of nitrogens with two attached hydrogens (primary N) is 1. The molecule has 1 unspecified atom stereocenters. The minimum Gasteiger partial charge on any atom is -0.383 e. The number of rotatable bonds is 5. The highest BCUT2D eigenvalue weighted by Gasteiger charge is 2.19. The fourth-order valence-corrected chi connectivity index (χ4v) is 1.72. The van der Waals surface area contributed by atoms with Gasteiger partial charge in [-0.2, -0.15) is 0 Å². The molecule has 0 saturated carbocycles. The van der Waals surface area contributed by atoms with Gasteiger partial charge >= 0.3 is 0 Å². The average Bonchev–Trinajstić information content (AvgIpc) is 2.37. The van der Waals surface area contributed by atoms with Gasteiger partial charge in [-0.25, -0.2) is 0 Å². The Bertz CT molecular complexity index is 410. The number of anilines is 1. The summed E-state index contributed by atoms with van der Waals surface area (Å²) in [6.07, 6.45) is 0. The van der Waals surface area contributed by atoms with Crippen LogP contribution in [-0.4, -0.2) is 32.7 Å². The molecular formula is C14H23ClN2O2. The summed E-state index contributed by atoms with van der Waals surface area (Å²) in [5.74, 6) is 0.291. The van der Waals surface area contributed by atoms with Crippen molar-refractivity contribution in [2.75, 3.05) is 25.7 Å². The number of hydrogen-bond acceptors (Lipinski definition) is 3. The van der Waals surface area contributed by atoms with E-state index in [4.69, 9.17) is 10.5 Å². The van der Waals surface area contributed by atoms with Crippen LogP contribution in [0.25, 0.3) is 0 Å². The summed E-state index contributed by atoms with van der Waals surface area (Å²) in [6, 6.07) is 7.31. The van der Waals surface area contributed by atoms with Crippen molar-refractivity contribution in [1.29, 1.82) is 0 Å². The summed E-state index contributed by atoms with van der Waals surface area (Å²) < 4.78 is 4.90. The van der Waals surface area contributed by atoms with Crippen LogP contribution in [-0.2, 0) is 9.53 Å². The zero-order valence-electron chi connectivity index (χ0n) is 11.9. The van der Waals surface area contributed by atoms with Gasteiger partial charge < -0.3 is 15.4 Å². The van der Waals surface area contributed by atoms with Gasteiger partial charge in [-0.3, -0.25) is 4.79 Å². The van der Waals surface area contributed by atoms with Gasteiger partial charge in [0.25, 0.3) is 0 Å². The van der Waals surface area contributed by atoms with Crippen LogP contribution in [0.3, 0.4) is 0 Å². The van der Waals surface area contributed by atoms with Crippen molar-refractivity contribution in [3.8, 4) is 0 Å². The molecule has 0 heterocycles. The van der Waals surface area contributed by atoms with E-state index in [-0.39, 0.29) is 24.9 Å². The SMILES string of the molecule is COCC(N)C(=O)N(C)c1cccc(C(C)C)c1.Cl. The van der Waals surface area contributed by atoms with Gasteiger partial charge in [0.2, 0.25) is 5.91 Å². The molecule has 0 saturated heterocycles. The summed E-state index contributed by atoms with van der Waals surface area (Å²) in [5.41, 5.74) is 7.81. The van der Waals surface area contributed by atoms with Crippen molar-refractivity contribution < 1.29 is 9.53 Å². The molecule has 1 aromatic carbocycles. The Hall–Kier alpha value is -1.10. The highest BCUT2D eigenvalue weighted by molar-refractivity contribution is 5.96. The summed E-state index contributed by atoms with van der Waals surface area (Å²) in [5, 5.41) is 0. The lowest BCUT2D eigenvalue weighted by Crippen LogP contribution is -2.44. The molecule has 19 heavy (non-hydrogen) atoms. The number of benzene rings is 1. The van der Waals surface area contributed by atoms with E-state index in [0.29, 0.717) is 5.92 Å². The molecule has 5 heteroatoms. The normalized spacial score (nSPS) is 11.9. The van der Waals surface area contributed by atoms with Crippen LogP contribution in [0.2, 0.25) is 0 Å². The zero-order chi connectivity index (χ0) is 13.7.